The van der Waals surface area contributed by atoms with E-state index in [9.17, 15) is 22.4 Å². The highest BCUT2D eigenvalue weighted by molar-refractivity contribution is 7.92. The quantitative estimate of drug-likeness (QED) is 0.454. The van der Waals surface area contributed by atoms with E-state index in [2.05, 4.69) is 15.6 Å². The van der Waals surface area contributed by atoms with Gasteiger partial charge >= 0.3 is 0 Å². The molecule has 3 aromatic rings. The van der Waals surface area contributed by atoms with Gasteiger partial charge in [0.1, 0.15) is 5.82 Å². The van der Waals surface area contributed by atoms with Crippen LogP contribution in [0.25, 0.3) is 0 Å². The third-order valence-electron chi connectivity index (χ3n) is 4.44. The topological polar surface area (TPSA) is 123 Å². The number of methoxy groups -OCH3 is 2. The Balaban J connectivity index is 1.69. The van der Waals surface area contributed by atoms with Crippen LogP contribution in [0.4, 0.5) is 10.1 Å². The van der Waals surface area contributed by atoms with E-state index in [1.54, 1.807) is 0 Å². The zero-order valence-corrected chi connectivity index (χ0v) is 18.4. The molecule has 0 aliphatic carbocycles. The summed E-state index contributed by atoms with van der Waals surface area (Å²) in [4.78, 5) is 24.6. The highest BCUT2D eigenvalue weighted by Crippen LogP contribution is 2.27. The van der Waals surface area contributed by atoms with Gasteiger partial charge in [0.15, 0.2) is 11.5 Å². The van der Waals surface area contributed by atoms with E-state index < -0.39 is 27.7 Å². The summed E-state index contributed by atoms with van der Waals surface area (Å²) in [5.74, 6) is -1.09. The fourth-order valence-corrected chi connectivity index (χ4v) is 3.88. The van der Waals surface area contributed by atoms with Crippen LogP contribution in [0.2, 0.25) is 0 Å². The third kappa shape index (κ3) is 5.77. The van der Waals surface area contributed by atoms with E-state index in [0.29, 0.717) is 11.5 Å². The Morgan fingerprint density at radius 2 is 1.39 bits per heavy atom. The number of rotatable bonds is 7. The van der Waals surface area contributed by atoms with Gasteiger partial charge < -0.3 is 9.47 Å². The van der Waals surface area contributed by atoms with E-state index in [-0.39, 0.29) is 21.7 Å². The fourth-order valence-electron chi connectivity index (χ4n) is 2.77. The molecule has 3 N–H and O–H groups in total. The van der Waals surface area contributed by atoms with Gasteiger partial charge in [-0.3, -0.25) is 25.2 Å². The number of carbonyl (C=O) groups excluding carboxylic acids is 2. The molecule has 3 aromatic carbocycles. The molecule has 0 atom stereocenters. The van der Waals surface area contributed by atoms with E-state index in [1.165, 1.54) is 62.8 Å². The lowest BCUT2D eigenvalue weighted by molar-refractivity contribution is 0.0846. The van der Waals surface area contributed by atoms with Crippen molar-refractivity contribution in [2.24, 2.45) is 0 Å². The predicted octanol–water partition coefficient (Wildman–Crippen LogP) is 2.72. The highest BCUT2D eigenvalue weighted by Gasteiger charge is 2.17. The van der Waals surface area contributed by atoms with Gasteiger partial charge in [-0.2, -0.15) is 0 Å². The smallest absolute Gasteiger partial charge is 0.269 e. The van der Waals surface area contributed by atoms with Crippen molar-refractivity contribution in [1.29, 1.82) is 0 Å². The van der Waals surface area contributed by atoms with Gasteiger partial charge in [-0.05, 0) is 60.7 Å². The minimum atomic E-state index is -4.04. The van der Waals surface area contributed by atoms with Crippen molar-refractivity contribution < 1.29 is 31.9 Å². The van der Waals surface area contributed by atoms with Crippen LogP contribution in [-0.2, 0) is 10.0 Å². The Morgan fingerprint density at radius 1 is 0.788 bits per heavy atom. The molecule has 0 unspecified atom stereocenters. The summed E-state index contributed by atoms with van der Waals surface area (Å²) in [6.45, 7) is 0. The number of amides is 2. The monoisotopic (exact) mass is 473 g/mol. The summed E-state index contributed by atoms with van der Waals surface area (Å²) in [7, 11) is -1.15. The molecule has 0 fully saturated rings. The highest BCUT2D eigenvalue weighted by atomic mass is 32.2. The molecule has 0 heterocycles. The SMILES string of the molecule is COc1ccc(C(=O)NNC(=O)c2cccc(S(=O)(=O)Nc3ccc(F)cc3)c2)cc1OC. The third-order valence-corrected chi connectivity index (χ3v) is 5.82. The van der Waals surface area contributed by atoms with Crippen LogP contribution in [0.15, 0.2) is 71.6 Å². The van der Waals surface area contributed by atoms with Gasteiger partial charge in [0.25, 0.3) is 21.8 Å². The van der Waals surface area contributed by atoms with Crippen molar-refractivity contribution >= 4 is 27.5 Å². The molecular weight excluding hydrogens is 453 g/mol. The number of hydrogen-bond acceptors (Lipinski definition) is 6. The lowest BCUT2D eigenvalue weighted by atomic mass is 10.2. The van der Waals surface area contributed by atoms with Crippen LogP contribution in [0.3, 0.4) is 0 Å². The zero-order chi connectivity index (χ0) is 24.0. The number of hydrazine groups is 1. The van der Waals surface area contributed by atoms with Gasteiger partial charge in [-0.15, -0.1) is 0 Å². The summed E-state index contributed by atoms with van der Waals surface area (Å²) in [6, 6.07) is 14.4. The van der Waals surface area contributed by atoms with Crippen molar-refractivity contribution in [3.05, 3.63) is 83.7 Å². The second kappa shape index (κ2) is 10.0. The standard InChI is InChI=1S/C22H20FN3O6S/c1-31-19-11-6-15(13-20(19)32-2)22(28)25-24-21(27)14-4-3-5-18(12-14)33(29,30)26-17-9-7-16(23)8-10-17/h3-13,26H,1-2H3,(H,24,27)(H,25,28). The molecule has 0 spiro atoms. The number of carbonyl (C=O) groups is 2. The molecule has 9 nitrogen and oxygen atoms in total. The Bertz CT molecular complexity index is 1280. The maximum atomic E-state index is 13.0. The number of anilines is 1. The molecule has 0 bridgehead atoms. The Labute approximate surface area is 189 Å². The van der Waals surface area contributed by atoms with Crippen molar-refractivity contribution in [3.63, 3.8) is 0 Å². The molecule has 3 rings (SSSR count). The maximum absolute atomic E-state index is 13.0. The second-order valence-electron chi connectivity index (χ2n) is 6.62. The number of benzene rings is 3. The summed E-state index contributed by atoms with van der Waals surface area (Å²) >= 11 is 0. The first-order valence-corrected chi connectivity index (χ1v) is 10.9. The second-order valence-corrected chi connectivity index (χ2v) is 8.30. The number of hydrogen-bond donors (Lipinski definition) is 3. The van der Waals surface area contributed by atoms with Crippen molar-refractivity contribution in [2.45, 2.75) is 4.90 Å². The van der Waals surface area contributed by atoms with Crippen LogP contribution in [0.5, 0.6) is 11.5 Å². The predicted molar refractivity (Wildman–Crippen MR) is 118 cm³/mol. The number of nitrogens with one attached hydrogen (secondary N) is 3. The lowest BCUT2D eigenvalue weighted by Crippen LogP contribution is -2.41. The van der Waals surface area contributed by atoms with Gasteiger partial charge in [-0.1, -0.05) is 6.07 Å². The van der Waals surface area contributed by atoms with E-state index in [0.717, 1.165) is 18.2 Å². The van der Waals surface area contributed by atoms with E-state index in [4.69, 9.17) is 9.47 Å². The number of sulfonamides is 1. The summed E-state index contributed by atoms with van der Waals surface area (Å²) in [5.41, 5.74) is 4.84. The minimum Gasteiger partial charge on any atom is -0.493 e. The van der Waals surface area contributed by atoms with E-state index >= 15 is 0 Å². The van der Waals surface area contributed by atoms with Gasteiger partial charge in [0.05, 0.1) is 19.1 Å². The van der Waals surface area contributed by atoms with Crippen LogP contribution in [0.1, 0.15) is 20.7 Å². The van der Waals surface area contributed by atoms with Gasteiger partial charge in [0.2, 0.25) is 0 Å². The maximum Gasteiger partial charge on any atom is 0.269 e. The molecule has 0 saturated carbocycles. The molecule has 11 heteroatoms. The van der Waals surface area contributed by atoms with Crippen molar-refractivity contribution in [3.8, 4) is 11.5 Å². The van der Waals surface area contributed by atoms with Crippen molar-refractivity contribution in [1.82, 2.24) is 10.9 Å². The summed E-state index contributed by atoms with van der Waals surface area (Å²) in [5, 5.41) is 0. The zero-order valence-electron chi connectivity index (χ0n) is 17.6. The largest absolute Gasteiger partial charge is 0.493 e. The first-order valence-electron chi connectivity index (χ1n) is 9.44. The molecule has 0 aliphatic rings. The minimum absolute atomic E-state index is 0.00964. The molecule has 0 aliphatic heterocycles. The van der Waals surface area contributed by atoms with Crippen LogP contribution in [-0.4, -0.2) is 34.5 Å². The number of halogens is 1. The van der Waals surface area contributed by atoms with Crippen LogP contribution < -0.4 is 25.0 Å². The normalized spacial score (nSPS) is 10.8. The van der Waals surface area contributed by atoms with Gasteiger partial charge in [-0.25, -0.2) is 12.8 Å². The first kappa shape index (κ1) is 23.5. The average Bonchev–Trinajstić information content (AvgIpc) is 2.83. The molecule has 33 heavy (non-hydrogen) atoms. The molecule has 0 saturated heterocycles. The molecular formula is C22H20FN3O6S. The van der Waals surface area contributed by atoms with Crippen LogP contribution >= 0.6 is 0 Å². The average molecular weight is 473 g/mol. The lowest BCUT2D eigenvalue weighted by Gasteiger charge is -2.12. The molecule has 2 amide bonds. The van der Waals surface area contributed by atoms with Gasteiger partial charge in [0, 0.05) is 16.8 Å². The Morgan fingerprint density at radius 3 is 2.00 bits per heavy atom. The summed E-state index contributed by atoms with van der Waals surface area (Å²) < 4.78 is 50.8. The van der Waals surface area contributed by atoms with Crippen LogP contribution in [0, 0.1) is 5.82 Å². The molecule has 172 valence electrons. The van der Waals surface area contributed by atoms with E-state index in [1.807, 2.05) is 0 Å². The molecule has 0 aromatic heterocycles. The Kier molecular flexibility index (Phi) is 7.13. The Hall–Kier alpha value is -4.12. The summed E-state index contributed by atoms with van der Waals surface area (Å²) in [6.07, 6.45) is 0. The number of ether oxygens (including phenoxy) is 2. The molecule has 0 radical (unpaired) electrons. The fraction of sp³-hybridized carbons (Fsp3) is 0.0909. The first-order chi connectivity index (χ1) is 15.7. The van der Waals surface area contributed by atoms with Crippen molar-refractivity contribution in [2.75, 3.05) is 18.9 Å².